The lowest BCUT2D eigenvalue weighted by atomic mass is 10.2. The molecular weight excluding hydrogens is 361 g/mol. The topological polar surface area (TPSA) is 47.0 Å². The molecule has 3 rings (SSSR count). The molecule has 23 heavy (non-hydrogen) atoms. The molecule has 0 aliphatic heterocycles. The fourth-order valence-corrected chi connectivity index (χ4v) is 2.18. The summed E-state index contributed by atoms with van der Waals surface area (Å²) < 4.78 is 20.5. The number of benzene rings is 1. The molecule has 0 saturated carbocycles. The van der Waals surface area contributed by atoms with Crippen molar-refractivity contribution >= 4 is 21.7 Å². The minimum absolute atomic E-state index is 0.170. The lowest BCUT2D eigenvalue weighted by Gasteiger charge is -2.09. The van der Waals surface area contributed by atoms with Crippen molar-refractivity contribution in [3.8, 4) is 11.5 Å². The Hall–Kier alpha value is -2.47. The first-order valence-electron chi connectivity index (χ1n) is 6.92. The fraction of sp³-hybridized carbons (Fsp3) is 0.0588. The van der Waals surface area contributed by atoms with E-state index in [2.05, 4.69) is 31.2 Å². The molecule has 0 amide bonds. The number of nitrogens with one attached hydrogen (secondary N) is 1. The lowest BCUT2D eigenvalue weighted by Crippen LogP contribution is -2.01. The number of nitrogens with zero attached hydrogens (tertiary/aromatic N) is 2. The molecule has 0 fully saturated rings. The molecule has 1 aromatic carbocycles. The van der Waals surface area contributed by atoms with Crippen LogP contribution in [0.1, 0.15) is 5.56 Å². The minimum atomic E-state index is -0.420. The van der Waals surface area contributed by atoms with Crippen LogP contribution in [0.5, 0.6) is 11.5 Å². The van der Waals surface area contributed by atoms with Crippen molar-refractivity contribution in [3.63, 3.8) is 0 Å². The molecule has 0 bridgehead atoms. The van der Waals surface area contributed by atoms with Crippen molar-refractivity contribution in [1.29, 1.82) is 0 Å². The van der Waals surface area contributed by atoms with Crippen LogP contribution < -0.4 is 10.1 Å². The Kier molecular flexibility index (Phi) is 4.83. The van der Waals surface area contributed by atoms with Gasteiger partial charge >= 0.3 is 0 Å². The van der Waals surface area contributed by atoms with Gasteiger partial charge in [0.15, 0.2) is 11.6 Å². The van der Waals surface area contributed by atoms with E-state index in [-0.39, 0.29) is 5.75 Å². The van der Waals surface area contributed by atoms with Gasteiger partial charge in [-0.15, -0.1) is 0 Å². The van der Waals surface area contributed by atoms with Gasteiger partial charge in [0.2, 0.25) is 0 Å². The summed E-state index contributed by atoms with van der Waals surface area (Å²) >= 11 is 3.33. The van der Waals surface area contributed by atoms with E-state index < -0.39 is 5.82 Å². The maximum absolute atomic E-state index is 14.1. The Morgan fingerprint density at radius 2 is 2.04 bits per heavy atom. The van der Waals surface area contributed by atoms with E-state index in [1.54, 1.807) is 36.7 Å². The Labute approximate surface area is 141 Å². The van der Waals surface area contributed by atoms with E-state index in [0.717, 1.165) is 15.9 Å². The molecule has 0 radical (unpaired) electrons. The van der Waals surface area contributed by atoms with Crippen molar-refractivity contribution in [3.05, 3.63) is 76.9 Å². The van der Waals surface area contributed by atoms with Gasteiger partial charge in [0, 0.05) is 23.4 Å². The molecule has 0 atom stereocenters. The first-order valence-corrected chi connectivity index (χ1v) is 7.72. The highest BCUT2D eigenvalue weighted by molar-refractivity contribution is 9.10. The Morgan fingerprint density at radius 3 is 2.74 bits per heavy atom. The van der Waals surface area contributed by atoms with Crippen LogP contribution in [0.25, 0.3) is 0 Å². The van der Waals surface area contributed by atoms with Gasteiger partial charge in [0.1, 0.15) is 11.6 Å². The molecule has 0 saturated heterocycles. The van der Waals surface area contributed by atoms with E-state index in [4.69, 9.17) is 4.74 Å². The molecule has 0 aliphatic rings. The van der Waals surface area contributed by atoms with E-state index >= 15 is 0 Å². The third-order valence-electron chi connectivity index (χ3n) is 3.06. The SMILES string of the molecule is Fc1cc(CNc2ccc(Br)cn2)ccc1Oc1cccnc1. The molecule has 6 heteroatoms. The van der Waals surface area contributed by atoms with Gasteiger partial charge in [0.25, 0.3) is 0 Å². The maximum atomic E-state index is 14.1. The van der Waals surface area contributed by atoms with Crippen LogP contribution in [0.4, 0.5) is 10.2 Å². The molecule has 0 spiro atoms. The van der Waals surface area contributed by atoms with E-state index in [9.17, 15) is 4.39 Å². The Morgan fingerprint density at radius 1 is 1.13 bits per heavy atom. The van der Waals surface area contributed by atoms with Crippen LogP contribution in [0.15, 0.2) is 65.5 Å². The summed E-state index contributed by atoms with van der Waals surface area (Å²) in [4.78, 5) is 8.14. The maximum Gasteiger partial charge on any atom is 0.166 e. The van der Waals surface area contributed by atoms with Gasteiger partial charge in [-0.2, -0.15) is 0 Å². The molecule has 0 aliphatic carbocycles. The Balaban J connectivity index is 1.65. The number of hydrogen-bond donors (Lipinski definition) is 1. The molecule has 2 aromatic heterocycles. The zero-order valence-electron chi connectivity index (χ0n) is 12.0. The van der Waals surface area contributed by atoms with Crippen LogP contribution in [-0.4, -0.2) is 9.97 Å². The summed E-state index contributed by atoms with van der Waals surface area (Å²) in [6, 6.07) is 12.0. The first-order chi connectivity index (χ1) is 11.2. The lowest BCUT2D eigenvalue weighted by molar-refractivity contribution is 0.440. The normalized spacial score (nSPS) is 10.3. The molecule has 2 heterocycles. The van der Waals surface area contributed by atoms with Crippen molar-refractivity contribution in [1.82, 2.24) is 9.97 Å². The number of pyridine rings is 2. The number of halogens is 2. The second-order valence-corrected chi connectivity index (χ2v) is 5.69. The number of aromatic nitrogens is 2. The average molecular weight is 374 g/mol. The summed E-state index contributed by atoms with van der Waals surface area (Å²) in [6.07, 6.45) is 4.87. The monoisotopic (exact) mass is 373 g/mol. The van der Waals surface area contributed by atoms with Crippen molar-refractivity contribution in [2.75, 3.05) is 5.32 Å². The zero-order chi connectivity index (χ0) is 16.1. The van der Waals surface area contributed by atoms with Gasteiger partial charge < -0.3 is 10.1 Å². The van der Waals surface area contributed by atoms with Gasteiger partial charge in [-0.1, -0.05) is 6.07 Å². The second kappa shape index (κ2) is 7.19. The van der Waals surface area contributed by atoms with Crippen LogP contribution in [0.2, 0.25) is 0 Å². The van der Waals surface area contributed by atoms with Gasteiger partial charge in [-0.25, -0.2) is 9.37 Å². The molecule has 3 aromatic rings. The van der Waals surface area contributed by atoms with Gasteiger partial charge in [-0.3, -0.25) is 4.98 Å². The first kappa shape index (κ1) is 15.4. The summed E-state index contributed by atoms with van der Waals surface area (Å²) in [5.41, 5.74) is 0.797. The third-order valence-corrected chi connectivity index (χ3v) is 3.53. The summed E-state index contributed by atoms with van der Waals surface area (Å²) in [7, 11) is 0. The number of ether oxygens (including phenoxy) is 1. The molecule has 4 nitrogen and oxygen atoms in total. The van der Waals surface area contributed by atoms with E-state index in [0.29, 0.717) is 12.3 Å². The van der Waals surface area contributed by atoms with Crippen LogP contribution in [0, 0.1) is 5.82 Å². The largest absolute Gasteiger partial charge is 0.453 e. The summed E-state index contributed by atoms with van der Waals surface area (Å²) in [5, 5.41) is 3.14. The average Bonchev–Trinajstić information content (AvgIpc) is 2.57. The predicted octanol–water partition coefficient (Wildman–Crippen LogP) is 4.78. The van der Waals surface area contributed by atoms with Crippen molar-refractivity contribution in [2.45, 2.75) is 6.54 Å². The second-order valence-electron chi connectivity index (χ2n) is 4.77. The third kappa shape index (κ3) is 4.26. The van der Waals surface area contributed by atoms with E-state index in [1.165, 1.54) is 12.3 Å². The molecule has 1 N–H and O–H groups in total. The van der Waals surface area contributed by atoms with Gasteiger partial charge in [-0.05, 0) is 57.9 Å². The van der Waals surface area contributed by atoms with Crippen LogP contribution >= 0.6 is 15.9 Å². The van der Waals surface area contributed by atoms with Crippen molar-refractivity contribution < 1.29 is 9.13 Å². The molecular formula is C17H13BrFN3O. The summed E-state index contributed by atoms with van der Waals surface area (Å²) in [6.45, 7) is 0.471. The highest BCUT2D eigenvalue weighted by Gasteiger charge is 2.06. The van der Waals surface area contributed by atoms with Crippen LogP contribution in [0.3, 0.4) is 0 Å². The standard InChI is InChI=1S/C17H13BrFN3O/c18-13-4-6-17(22-10-13)21-9-12-3-5-16(15(19)8-12)23-14-2-1-7-20-11-14/h1-8,10-11H,9H2,(H,21,22). The Bertz CT molecular complexity index is 782. The smallest absolute Gasteiger partial charge is 0.166 e. The zero-order valence-corrected chi connectivity index (χ0v) is 13.6. The minimum Gasteiger partial charge on any atom is -0.453 e. The van der Waals surface area contributed by atoms with E-state index in [1.807, 2.05) is 12.1 Å². The highest BCUT2D eigenvalue weighted by atomic mass is 79.9. The highest BCUT2D eigenvalue weighted by Crippen LogP contribution is 2.24. The van der Waals surface area contributed by atoms with Gasteiger partial charge in [0.05, 0.1) is 6.20 Å². The fourth-order valence-electron chi connectivity index (χ4n) is 1.94. The quantitative estimate of drug-likeness (QED) is 0.698. The number of rotatable bonds is 5. The van der Waals surface area contributed by atoms with Crippen LogP contribution in [-0.2, 0) is 6.54 Å². The predicted molar refractivity (Wildman–Crippen MR) is 90.0 cm³/mol. The number of anilines is 1. The summed E-state index contributed by atoms with van der Waals surface area (Å²) in [5.74, 6) is 0.973. The number of hydrogen-bond acceptors (Lipinski definition) is 4. The molecule has 0 unspecified atom stereocenters. The van der Waals surface area contributed by atoms with Crippen molar-refractivity contribution in [2.24, 2.45) is 0 Å². The molecule has 116 valence electrons.